The molecule has 2 rings (SSSR count). The molecule has 3 nitrogen and oxygen atoms in total. The van der Waals surface area contributed by atoms with E-state index < -0.39 is 6.36 Å². The highest BCUT2D eigenvalue weighted by atomic mass is 79.9. The van der Waals surface area contributed by atoms with E-state index in [1.165, 1.54) is 18.2 Å². The summed E-state index contributed by atoms with van der Waals surface area (Å²) in [5, 5.41) is 0. The highest BCUT2D eigenvalue weighted by Crippen LogP contribution is 2.33. The second kappa shape index (κ2) is 6.34. The summed E-state index contributed by atoms with van der Waals surface area (Å²) in [6, 6.07) is 7.74. The molecular weight excluding hydrogens is 351 g/mol. The van der Waals surface area contributed by atoms with Crippen LogP contribution in [0.5, 0.6) is 11.5 Å². The maximum Gasteiger partial charge on any atom is 0.573 e. The van der Waals surface area contributed by atoms with Gasteiger partial charge in [-0.2, -0.15) is 0 Å². The maximum atomic E-state index is 12.2. The van der Waals surface area contributed by atoms with E-state index in [1.807, 2.05) is 19.1 Å². The van der Waals surface area contributed by atoms with Crippen molar-refractivity contribution in [3.8, 4) is 11.5 Å². The van der Waals surface area contributed by atoms with Crippen molar-refractivity contribution in [2.45, 2.75) is 19.9 Å². The third-order valence-electron chi connectivity index (χ3n) is 2.62. The molecule has 0 unspecified atom stereocenters. The SMILES string of the molecule is Cc1cccnc1COc1ccc(OC(F)(F)F)c(Br)c1. The van der Waals surface area contributed by atoms with Crippen molar-refractivity contribution in [1.29, 1.82) is 0 Å². The molecule has 1 aromatic carbocycles. The van der Waals surface area contributed by atoms with E-state index in [1.54, 1.807) is 6.20 Å². The maximum absolute atomic E-state index is 12.2. The molecule has 0 fully saturated rings. The lowest BCUT2D eigenvalue weighted by Crippen LogP contribution is -2.17. The van der Waals surface area contributed by atoms with Crippen molar-refractivity contribution < 1.29 is 22.6 Å². The monoisotopic (exact) mass is 361 g/mol. The number of alkyl halides is 3. The molecule has 0 radical (unpaired) electrons. The number of nitrogens with zero attached hydrogens (tertiary/aromatic N) is 1. The van der Waals surface area contributed by atoms with Gasteiger partial charge in [-0.15, -0.1) is 13.2 Å². The Kier molecular flexibility index (Phi) is 4.72. The van der Waals surface area contributed by atoms with Crippen LogP contribution in [0.15, 0.2) is 41.0 Å². The molecule has 7 heteroatoms. The van der Waals surface area contributed by atoms with Crippen LogP contribution in [0.25, 0.3) is 0 Å². The van der Waals surface area contributed by atoms with Crippen LogP contribution in [0, 0.1) is 6.92 Å². The molecule has 2 aromatic rings. The van der Waals surface area contributed by atoms with E-state index >= 15 is 0 Å². The Morgan fingerprint density at radius 3 is 2.62 bits per heavy atom. The lowest BCUT2D eigenvalue weighted by atomic mass is 10.2. The minimum absolute atomic E-state index is 0.162. The number of aromatic nitrogens is 1. The molecule has 0 atom stereocenters. The minimum Gasteiger partial charge on any atom is -0.487 e. The molecule has 0 aliphatic rings. The Labute approximate surface area is 127 Å². The fourth-order valence-electron chi connectivity index (χ4n) is 1.60. The van der Waals surface area contributed by atoms with Gasteiger partial charge in [0.15, 0.2) is 0 Å². The number of hydrogen-bond donors (Lipinski definition) is 0. The van der Waals surface area contributed by atoms with Gasteiger partial charge in [0.1, 0.15) is 18.1 Å². The number of benzene rings is 1. The fraction of sp³-hybridized carbons (Fsp3) is 0.214. The molecule has 0 N–H and O–H groups in total. The van der Waals surface area contributed by atoms with E-state index in [2.05, 4.69) is 25.7 Å². The van der Waals surface area contributed by atoms with Crippen LogP contribution in [-0.2, 0) is 6.61 Å². The molecule has 0 aliphatic carbocycles. The van der Waals surface area contributed by atoms with Crippen LogP contribution in [-0.4, -0.2) is 11.3 Å². The van der Waals surface area contributed by atoms with Crippen molar-refractivity contribution in [1.82, 2.24) is 4.98 Å². The molecule has 1 heterocycles. The Balaban J connectivity index is 2.05. The summed E-state index contributed by atoms with van der Waals surface area (Å²) >= 11 is 3.02. The third kappa shape index (κ3) is 4.63. The average molecular weight is 362 g/mol. The van der Waals surface area contributed by atoms with Crippen LogP contribution >= 0.6 is 15.9 Å². The summed E-state index contributed by atoms with van der Waals surface area (Å²) in [5.74, 6) is 0.102. The van der Waals surface area contributed by atoms with Gasteiger partial charge in [0.2, 0.25) is 0 Å². The van der Waals surface area contributed by atoms with Crippen LogP contribution < -0.4 is 9.47 Å². The molecule has 0 bridgehead atoms. The lowest BCUT2D eigenvalue weighted by Gasteiger charge is -2.12. The minimum atomic E-state index is -4.73. The zero-order valence-electron chi connectivity index (χ0n) is 10.9. The predicted molar refractivity (Wildman–Crippen MR) is 74.1 cm³/mol. The summed E-state index contributed by atoms with van der Waals surface area (Å²) in [6.07, 6.45) is -3.07. The first-order valence-corrected chi connectivity index (χ1v) is 6.73. The number of ether oxygens (including phenoxy) is 2. The predicted octanol–water partition coefficient (Wildman–Crippen LogP) is 4.63. The van der Waals surface area contributed by atoms with E-state index in [0.717, 1.165) is 11.3 Å². The average Bonchev–Trinajstić information content (AvgIpc) is 2.39. The van der Waals surface area contributed by atoms with Gasteiger partial charge >= 0.3 is 6.36 Å². The van der Waals surface area contributed by atoms with Crippen LogP contribution in [0.4, 0.5) is 13.2 Å². The smallest absolute Gasteiger partial charge is 0.487 e. The second-order valence-corrected chi connectivity index (χ2v) is 5.05. The standard InChI is InChI=1S/C14H11BrF3NO2/c1-9-3-2-6-19-12(9)8-20-10-4-5-13(11(15)7-10)21-14(16,17)18/h2-7H,8H2,1H3. The first kappa shape index (κ1) is 15.6. The lowest BCUT2D eigenvalue weighted by molar-refractivity contribution is -0.274. The molecule has 0 amide bonds. The Bertz CT molecular complexity index is 632. The number of pyridine rings is 1. The van der Waals surface area contributed by atoms with Crippen LogP contribution in [0.3, 0.4) is 0 Å². The second-order valence-electron chi connectivity index (χ2n) is 4.20. The first-order chi connectivity index (χ1) is 9.85. The summed E-state index contributed by atoms with van der Waals surface area (Å²) in [5.41, 5.74) is 1.75. The van der Waals surface area contributed by atoms with Crippen molar-refractivity contribution in [3.05, 3.63) is 52.3 Å². The first-order valence-electron chi connectivity index (χ1n) is 5.94. The zero-order valence-corrected chi connectivity index (χ0v) is 12.5. The van der Waals surface area contributed by atoms with Crippen molar-refractivity contribution in [2.24, 2.45) is 0 Å². The van der Waals surface area contributed by atoms with E-state index in [-0.39, 0.29) is 16.8 Å². The van der Waals surface area contributed by atoms with Gasteiger partial charge < -0.3 is 9.47 Å². The van der Waals surface area contributed by atoms with E-state index in [4.69, 9.17) is 4.74 Å². The molecule has 0 aliphatic heterocycles. The molecule has 0 saturated carbocycles. The zero-order chi connectivity index (χ0) is 15.5. The van der Waals surface area contributed by atoms with Gasteiger partial charge in [-0.1, -0.05) is 6.07 Å². The van der Waals surface area contributed by atoms with Gasteiger partial charge in [0, 0.05) is 6.20 Å². The summed E-state index contributed by atoms with van der Waals surface area (Å²) in [7, 11) is 0. The molecular formula is C14H11BrF3NO2. The largest absolute Gasteiger partial charge is 0.573 e. The topological polar surface area (TPSA) is 31.4 Å². The summed E-state index contributed by atoms with van der Waals surface area (Å²) in [4.78, 5) is 4.17. The van der Waals surface area contributed by atoms with Gasteiger partial charge in [0.25, 0.3) is 0 Å². The van der Waals surface area contributed by atoms with Gasteiger partial charge in [-0.25, -0.2) is 0 Å². The number of rotatable bonds is 4. The molecule has 21 heavy (non-hydrogen) atoms. The summed E-state index contributed by atoms with van der Waals surface area (Å²) < 4.78 is 46.0. The highest BCUT2D eigenvalue weighted by molar-refractivity contribution is 9.10. The van der Waals surface area contributed by atoms with Crippen LogP contribution in [0.1, 0.15) is 11.3 Å². The highest BCUT2D eigenvalue weighted by Gasteiger charge is 2.31. The quantitative estimate of drug-likeness (QED) is 0.795. The van der Waals surface area contributed by atoms with Crippen molar-refractivity contribution >= 4 is 15.9 Å². The molecule has 0 saturated heterocycles. The fourth-order valence-corrected chi connectivity index (χ4v) is 2.04. The Hall–Kier alpha value is -1.76. The van der Waals surface area contributed by atoms with Gasteiger partial charge in [-0.05, 0) is 52.7 Å². The van der Waals surface area contributed by atoms with Gasteiger partial charge in [-0.3, -0.25) is 4.98 Å². The molecule has 0 spiro atoms. The van der Waals surface area contributed by atoms with E-state index in [0.29, 0.717) is 5.75 Å². The normalized spacial score (nSPS) is 11.3. The Morgan fingerprint density at radius 1 is 1.24 bits per heavy atom. The van der Waals surface area contributed by atoms with Crippen LogP contribution in [0.2, 0.25) is 0 Å². The third-order valence-corrected chi connectivity index (χ3v) is 3.24. The molecule has 1 aromatic heterocycles. The van der Waals surface area contributed by atoms with Gasteiger partial charge in [0.05, 0.1) is 10.2 Å². The van der Waals surface area contributed by atoms with Crippen molar-refractivity contribution in [2.75, 3.05) is 0 Å². The molecule has 112 valence electrons. The van der Waals surface area contributed by atoms with Crippen molar-refractivity contribution in [3.63, 3.8) is 0 Å². The number of hydrogen-bond acceptors (Lipinski definition) is 3. The number of aryl methyl sites for hydroxylation is 1. The summed E-state index contributed by atoms with van der Waals surface area (Å²) in [6.45, 7) is 2.14. The number of halogens is 4. The Morgan fingerprint density at radius 2 is 2.00 bits per heavy atom. The van der Waals surface area contributed by atoms with E-state index in [9.17, 15) is 13.2 Å².